The highest BCUT2D eigenvalue weighted by atomic mass is 35.5. The van der Waals surface area contributed by atoms with Gasteiger partial charge >= 0.3 is 6.03 Å². The number of hydrogen-bond donors (Lipinski definition) is 2. The van der Waals surface area contributed by atoms with Gasteiger partial charge in [0, 0.05) is 36.1 Å². The third-order valence-corrected chi connectivity index (χ3v) is 5.59. The van der Waals surface area contributed by atoms with E-state index >= 15 is 0 Å². The molecule has 2 aromatic carbocycles. The average Bonchev–Trinajstić information content (AvgIpc) is 3.23. The van der Waals surface area contributed by atoms with Crippen LogP contribution in [0.1, 0.15) is 40.1 Å². The lowest BCUT2D eigenvalue weighted by molar-refractivity contribution is 0.0932. The van der Waals surface area contributed by atoms with Crippen LogP contribution in [0, 0.1) is 0 Å². The summed E-state index contributed by atoms with van der Waals surface area (Å²) in [5.74, 6) is -0.151. The maximum absolute atomic E-state index is 12.8. The smallest absolute Gasteiger partial charge is 0.315 e. The van der Waals surface area contributed by atoms with Crippen molar-refractivity contribution in [3.05, 3.63) is 69.9 Å². The van der Waals surface area contributed by atoms with Gasteiger partial charge in [-0.05, 0) is 41.8 Å². The number of nitrogens with zero attached hydrogens (tertiary/aromatic N) is 2. The molecule has 2 heterocycles. The molecule has 1 unspecified atom stereocenters. The molecular weight excluding hydrogens is 376 g/mol. The second-order valence-electron chi connectivity index (χ2n) is 7.21. The fourth-order valence-corrected chi connectivity index (χ4v) is 3.88. The van der Waals surface area contributed by atoms with Crippen LogP contribution >= 0.6 is 11.6 Å². The monoisotopic (exact) mass is 396 g/mol. The molecule has 0 fully saturated rings. The van der Waals surface area contributed by atoms with Gasteiger partial charge in [-0.3, -0.25) is 4.79 Å². The Hall–Kier alpha value is -2.99. The summed E-state index contributed by atoms with van der Waals surface area (Å²) in [5, 5.41) is 4.66. The highest BCUT2D eigenvalue weighted by Gasteiger charge is 2.23. The molecule has 0 aliphatic carbocycles. The van der Waals surface area contributed by atoms with Crippen LogP contribution in [0.2, 0.25) is 5.02 Å². The second kappa shape index (κ2) is 6.87. The molecule has 1 atom stereocenters. The number of benzene rings is 2. The Bertz CT molecular complexity index is 1110. The Morgan fingerprint density at radius 3 is 2.61 bits per heavy atom. The van der Waals surface area contributed by atoms with Crippen molar-refractivity contribution in [3.8, 4) is 0 Å². The normalized spacial score (nSPS) is 14.2. The number of carbonyl (C=O) groups excluding carboxylic acids is 2. The molecule has 3 aromatic rings. The molecular formula is C21H21ClN4O2. The first-order chi connectivity index (χ1) is 13.3. The number of aromatic nitrogens is 1. The molecule has 4 rings (SSSR count). The zero-order valence-corrected chi connectivity index (χ0v) is 16.5. The molecule has 0 spiro atoms. The number of primary amides is 1. The standard InChI is InChI=1S/C21H21ClN4O2/c1-12(13-3-4-15-10-26(21(23)28)11-16(15)7-13)24-20(27)19-8-14-5-6-17(22)9-18(14)25(19)2/h3-9,12H,10-11H2,1-2H3,(H2,23,28)(H,24,27). The zero-order chi connectivity index (χ0) is 20.0. The van der Waals surface area contributed by atoms with Crippen molar-refractivity contribution < 1.29 is 9.59 Å². The minimum absolute atomic E-state index is 0.151. The first-order valence-corrected chi connectivity index (χ1v) is 9.43. The molecule has 1 aliphatic heterocycles. The van der Waals surface area contributed by atoms with Gasteiger partial charge in [0.1, 0.15) is 5.69 Å². The van der Waals surface area contributed by atoms with Crippen molar-refractivity contribution >= 4 is 34.4 Å². The van der Waals surface area contributed by atoms with E-state index in [1.165, 1.54) is 0 Å². The summed E-state index contributed by atoms with van der Waals surface area (Å²) < 4.78 is 1.84. The SMILES string of the molecule is CC(NC(=O)c1cc2ccc(Cl)cc2n1C)c1ccc2c(c1)CN(C(N)=O)C2. The molecule has 6 nitrogen and oxygen atoms in total. The largest absolute Gasteiger partial charge is 0.351 e. The quantitative estimate of drug-likeness (QED) is 0.707. The Morgan fingerprint density at radius 2 is 1.86 bits per heavy atom. The minimum atomic E-state index is -0.421. The predicted molar refractivity (Wildman–Crippen MR) is 109 cm³/mol. The van der Waals surface area contributed by atoms with Gasteiger partial charge in [-0.25, -0.2) is 4.79 Å². The summed E-state index contributed by atoms with van der Waals surface area (Å²) >= 11 is 6.07. The highest BCUT2D eigenvalue weighted by Crippen LogP contribution is 2.27. The Morgan fingerprint density at radius 1 is 1.11 bits per heavy atom. The predicted octanol–water partition coefficient (Wildman–Crippen LogP) is 3.72. The average molecular weight is 397 g/mol. The maximum Gasteiger partial charge on any atom is 0.315 e. The van der Waals surface area contributed by atoms with Gasteiger partial charge in [0.15, 0.2) is 0 Å². The number of aryl methyl sites for hydroxylation is 1. The Kier molecular flexibility index (Phi) is 4.51. The number of urea groups is 1. The number of nitrogens with one attached hydrogen (secondary N) is 1. The van der Waals surface area contributed by atoms with Crippen LogP contribution in [0.4, 0.5) is 4.79 Å². The molecule has 1 aromatic heterocycles. The van der Waals surface area contributed by atoms with E-state index in [4.69, 9.17) is 17.3 Å². The van der Waals surface area contributed by atoms with E-state index in [9.17, 15) is 9.59 Å². The molecule has 0 bridgehead atoms. The number of amides is 3. The van der Waals surface area contributed by atoms with Gasteiger partial charge in [0.2, 0.25) is 0 Å². The van der Waals surface area contributed by atoms with E-state index < -0.39 is 6.03 Å². The molecule has 28 heavy (non-hydrogen) atoms. The van der Waals surface area contributed by atoms with Crippen LogP contribution in [0.15, 0.2) is 42.5 Å². The number of carbonyl (C=O) groups is 2. The van der Waals surface area contributed by atoms with Gasteiger partial charge in [0.05, 0.1) is 6.04 Å². The van der Waals surface area contributed by atoms with E-state index in [2.05, 4.69) is 5.32 Å². The van der Waals surface area contributed by atoms with Gasteiger partial charge in [0.25, 0.3) is 5.91 Å². The van der Waals surface area contributed by atoms with Crippen molar-refractivity contribution in [1.29, 1.82) is 0 Å². The molecule has 144 valence electrons. The van der Waals surface area contributed by atoms with E-state index in [0.717, 1.165) is 27.6 Å². The Balaban J connectivity index is 1.54. The Labute approximate surface area is 167 Å². The maximum atomic E-state index is 12.8. The summed E-state index contributed by atoms with van der Waals surface area (Å²) in [5.41, 5.74) is 10.0. The van der Waals surface area contributed by atoms with E-state index in [1.807, 2.05) is 61.0 Å². The summed E-state index contributed by atoms with van der Waals surface area (Å²) in [4.78, 5) is 25.8. The first kappa shape index (κ1) is 18.4. The third-order valence-electron chi connectivity index (χ3n) is 5.35. The van der Waals surface area contributed by atoms with Gasteiger partial charge < -0.3 is 20.5 Å². The summed E-state index contributed by atoms with van der Waals surface area (Å²) in [6.45, 7) is 2.98. The number of nitrogens with two attached hydrogens (primary N) is 1. The summed E-state index contributed by atoms with van der Waals surface area (Å²) in [6, 6.07) is 12.8. The lowest BCUT2D eigenvalue weighted by Crippen LogP contribution is -2.30. The van der Waals surface area contributed by atoms with Crippen molar-refractivity contribution in [1.82, 2.24) is 14.8 Å². The van der Waals surface area contributed by atoms with Gasteiger partial charge in [-0.1, -0.05) is 35.9 Å². The van der Waals surface area contributed by atoms with Crippen molar-refractivity contribution in [2.45, 2.75) is 26.1 Å². The third kappa shape index (κ3) is 3.20. The second-order valence-corrected chi connectivity index (χ2v) is 7.65. The van der Waals surface area contributed by atoms with Crippen LogP contribution in [0.3, 0.4) is 0 Å². The molecule has 3 amide bonds. The van der Waals surface area contributed by atoms with Crippen molar-refractivity contribution in [3.63, 3.8) is 0 Å². The number of hydrogen-bond acceptors (Lipinski definition) is 2. The molecule has 7 heteroatoms. The minimum Gasteiger partial charge on any atom is -0.351 e. The number of fused-ring (bicyclic) bond motifs is 2. The van der Waals surface area contributed by atoms with E-state index in [-0.39, 0.29) is 11.9 Å². The van der Waals surface area contributed by atoms with E-state index in [1.54, 1.807) is 4.90 Å². The number of halogens is 1. The summed E-state index contributed by atoms with van der Waals surface area (Å²) in [6.07, 6.45) is 0. The van der Waals surface area contributed by atoms with Crippen LogP contribution < -0.4 is 11.1 Å². The van der Waals surface area contributed by atoms with E-state index in [0.29, 0.717) is 23.8 Å². The lowest BCUT2D eigenvalue weighted by atomic mass is 10.0. The van der Waals surface area contributed by atoms with Crippen LogP contribution in [0.5, 0.6) is 0 Å². The fraction of sp³-hybridized carbons (Fsp3) is 0.238. The molecule has 0 radical (unpaired) electrons. The van der Waals surface area contributed by atoms with Crippen molar-refractivity contribution in [2.75, 3.05) is 0 Å². The fourth-order valence-electron chi connectivity index (χ4n) is 3.71. The summed E-state index contributed by atoms with van der Waals surface area (Å²) in [7, 11) is 1.85. The van der Waals surface area contributed by atoms with Gasteiger partial charge in [-0.2, -0.15) is 0 Å². The topological polar surface area (TPSA) is 80.4 Å². The zero-order valence-electron chi connectivity index (χ0n) is 15.7. The molecule has 0 saturated carbocycles. The number of rotatable bonds is 3. The molecule has 1 aliphatic rings. The molecule has 0 saturated heterocycles. The highest BCUT2D eigenvalue weighted by molar-refractivity contribution is 6.31. The van der Waals surface area contributed by atoms with Crippen LogP contribution in [-0.4, -0.2) is 21.4 Å². The van der Waals surface area contributed by atoms with Gasteiger partial charge in [-0.15, -0.1) is 0 Å². The molecule has 3 N–H and O–H groups in total. The van der Waals surface area contributed by atoms with Crippen molar-refractivity contribution in [2.24, 2.45) is 12.8 Å². The van der Waals surface area contributed by atoms with Crippen LogP contribution in [0.25, 0.3) is 10.9 Å². The lowest BCUT2D eigenvalue weighted by Gasteiger charge is -2.16. The first-order valence-electron chi connectivity index (χ1n) is 9.05. The van der Waals surface area contributed by atoms with Crippen LogP contribution in [-0.2, 0) is 20.1 Å².